The lowest BCUT2D eigenvalue weighted by Gasteiger charge is -1.93. The Morgan fingerprint density at radius 2 is 2.25 bits per heavy atom. The van der Waals surface area contributed by atoms with Crippen molar-refractivity contribution >= 4 is 13.1 Å². The topological polar surface area (TPSA) is 24.7 Å². The van der Waals surface area contributed by atoms with E-state index in [-0.39, 0.29) is 0 Å². The summed E-state index contributed by atoms with van der Waals surface area (Å²) in [4.78, 5) is 7.40. The Labute approximate surface area is 50.4 Å². The van der Waals surface area contributed by atoms with Crippen LogP contribution in [0, 0.1) is 5.92 Å². The molecular weight excluding hydrogens is 100 g/mol. The molecule has 46 valence electrons. The normalized spacial score (nSPS) is 10.9. The second-order valence-corrected chi connectivity index (χ2v) is 2.06. The van der Waals surface area contributed by atoms with E-state index in [0.717, 1.165) is 6.54 Å². The molecule has 0 heterocycles. The van der Waals surface area contributed by atoms with Crippen molar-refractivity contribution < 1.29 is 0 Å². The minimum absolute atomic E-state index is 0.619. The molecule has 0 saturated carbocycles. The Morgan fingerprint density at radius 1 is 1.62 bits per heavy atom. The van der Waals surface area contributed by atoms with Crippen molar-refractivity contribution in [2.45, 2.75) is 13.8 Å². The van der Waals surface area contributed by atoms with Gasteiger partial charge in [0.25, 0.3) is 0 Å². The molecule has 0 aromatic heterocycles. The second-order valence-electron chi connectivity index (χ2n) is 2.06. The Kier molecular flexibility index (Phi) is 4.13. The van der Waals surface area contributed by atoms with Gasteiger partial charge in [-0.05, 0) is 12.6 Å². The molecule has 0 N–H and O–H groups in total. The maximum absolute atomic E-state index is 3.94. The molecule has 0 aliphatic rings. The molecule has 0 spiro atoms. The smallest absolute Gasteiger partial charge is 0.109 e. The zero-order chi connectivity index (χ0) is 6.41. The lowest BCUT2D eigenvalue weighted by atomic mass is 10.2. The molecule has 0 amide bonds. The summed E-state index contributed by atoms with van der Waals surface area (Å²) in [5.41, 5.74) is 0. The minimum Gasteiger partial charge on any atom is -0.273 e. The van der Waals surface area contributed by atoms with Gasteiger partial charge in [0.1, 0.15) is 6.34 Å². The molecule has 0 atom stereocenters. The average molecular weight is 112 g/mol. The van der Waals surface area contributed by atoms with Crippen molar-refractivity contribution in [2.75, 3.05) is 6.54 Å². The highest BCUT2D eigenvalue weighted by Gasteiger charge is 1.85. The Bertz CT molecular complexity index is 84.5. The first kappa shape index (κ1) is 7.34. The highest BCUT2D eigenvalue weighted by atomic mass is 14.8. The van der Waals surface area contributed by atoms with Crippen LogP contribution in [0.25, 0.3) is 0 Å². The fourth-order valence-electron chi connectivity index (χ4n) is 0.316. The van der Waals surface area contributed by atoms with Gasteiger partial charge in [0.2, 0.25) is 0 Å². The summed E-state index contributed by atoms with van der Waals surface area (Å²) in [6, 6.07) is 0. The van der Waals surface area contributed by atoms with Crippen LogP contribution in [0.2, 0.25) is 0 Å². The van der Waals surface area contributed by atoms with Crippen LogP contribution in [0.5, 0.6) is 0 Å². The summed E-state index contributed by atoms with van der Waals surface area (Å²) < 4.78 is 0. The molecule has 0 aromatic carbocycles. The first-order chi connectivity index (χ1) is 3.77. The van der Waals surface area contributed by atoms with E-state index in [1.54, 1.807) is 0 Å². The number of hydrogen-bond acceptors (Lipinski definition) is 1. The quantitative estimate of drug-likeness (QED) is 0.389. The van der Waals surface area contributed by atoms with Gasteiger partial charge < -0.3 is 0 Å². The minimum atomic E-state index is 0.619. The summed E-state index contributed by atoms with van der Waals surface area (Å²) in [7, 11) is 0. The van der Waals surface area contributed by atoms with Crippen molar-refractivity contribution in [3.05, 3.63) is 0 Å². The molecule has 0 bridgehead atoms. The van der Waals surface area contributed by atoms with E-state index in [1.165, 1.54) is 6.34 Å². The SMILES string of the molecule is C=N/C=N\CC(C)C. The zero-order valence-corrected chi connectivity index (χ0v) is 5.46. The molecule has 0 saturated heterocycles. The summed E-state index contributed by atoms with van der Waals surface area (Å²) in [5.74, 6) is 0.619. The molecule has 0 radical (unpaired) electrons. The summed E-state index contributed by atoms with van der Waals surface area (Å²) in [6.45, 7) is 8.33. The molecule has 0 aliphatic carbocycles. The summed E-state index contributed by atoms with van der Waals surface area (Å²) in [6.07, 6.45) is 1.49. The Hall–Kier alpha value is -0.660. The van der Waals surface area contributed by atoms with E-state index >= 15 is 0 Å². The van der Waals surface area contributed by atoms with Gasteiger partial charge in [0, 0.05) is 6.54 Å². The summed E-state index contributed by atoms with van der Waals surface area (Å²) in [5, 5.41) is 0. The molecule has 0 aromatic rings. The highest BCUT2D eigenvalue weighted by molar-refractivity contribution is 5.61. The maximum Gasteiger partial charge on any atom is 0.109 e. The van der Waals surface area contributed by atoms with E-state index in [0.29, 0.717) is 5.92 Å². The van der Waals surface area contributed by atoms with Gasteiger partial charge in [-0.3, -0.25) is 9.98 Å². The first-order valence-corrected chi connectivity index (χ1v) is 2.71. The molecule has 0 rings (SSSR count). The van der Waals surface area contributed by atoms with Crippen molar-refractivity contribution in [2.24, 2.45) is 15.9 Å². The molecule has 2 heteroatoms. The lowest BCUT2D eigenvalue weighted by molar-refractivity contribution is 0.667. The lowest BCUT2D eigenvalue weighted by Crippen LogP contribution is -1.90. The van der Waals surface area contributed by atoms with Crippen LogP contribution in [0.4, 0.5) is 0 Å². The van der Waals surface area contributed by atoms with Crippen LogP contribution in [-0.2, 0) is 0 Å². The number of hydrogen-bond donors (Lipinski definition) is 0. The second kappa shape index (κ2) is 4.50. The highest BCUT2D eigenvalue weighted by Crippen LogP contribution is 1.89. The van der Waals surface area contributed by atoms with Gasteiger partial charge in [-0.15, -0.1) is 0 Å². The van der Waals surface area contributed by atoms with Crippen molar-refractivity contribution in [3.63, 3.8) is 0 Å². The van der Waals surface area contributed by atoms with Crippen LogP contribution >= 0.6 is 0 Å². The summed E-state index contributed by atoms with van der Waals surface area (Å²) >= 11 is 0. The molecule has 0 fully saturated rings. The van der Waals surface area contributed by atoms with Crippen LogP contribution in [0.15, 0.2) is 9.98 Å². The van der Waals surface area contributed by atoms with Gasteiger partial charge in [-0.25, -0.2) is 0 Å². The third kappa shape index (κ3) is 5.34. The van der Waals surface area contributed by atoms with Gasteiger partial charge in [0.15, 0.2) is 0 Å². The van der Waals surface area contributed by atoms with Gasteiger partial charge in [-0.1, -0.05) is 13.8 Å². The monoisotopic (exact) mass is 112 g/mol. The fourth-order valence-corrected chi connectivity index (χ4v) is 0.316. The third-order valence-electron chi connectivity index (χ3n) is 0.634. The maximum atomic E-state index is 3.94. The van der Waals surface area contributed by atoms with Crippen LogP contribution in [0.1, 0.15) is 13.8 Å². The predicted molar refractivity (Wildman–Crippen MR) is 37.7 cm³/mol. The number of rotatable bonds is 3. The van der Waals surface area contributed by atoms with Crippen molar-refractivity contribution in [1.29, 1.82) is 0 Å². The average Bonchev–Trinajstić information content (AvgIpc) is 1.66. The fraction of sp³-hybridized carbons (Fsp3) is 0.667. The largest absolute Gasteiger partial charge is 0.273 e. The van der Waals surface area contributed by atoms with E-state index < -0.39 is 0 Å². The molecule has 0 unspecified atom stereocenters. The standard InChI is InChI=1S/C6H12N2/c1-6(2)4-8-5-7-3/h5-6H,3-4H2,1-2H3/b8-5-. The predicted octanol–water partition coefficient (Wildman–Crippen LogP) is 1.37. The molecular formula is C6H12N2. The molecule has 8 heavy (non-hydrogen) atoms. The Morgan fingerprint density at radius 3 is 2.62 bits per heavy atom. The first-order valence-electron chi connectivity index (χ1n) is 2.71. The number of aliphatic imine (C=N–C) groups is 2. The number of nitrogens with zero attached hydrogens (tertiary/aromatic N) is 2. The van der Waals surface area contributed by atoms with E-state index in [1.807, 2.05) is 0 Å². The van der Waals surface area contributed by atoms with Crippen molar-refractivity contribution in [3.8, 4) is 0 Å². The van der Waals surface area contributed by atoms with Crippen LogP contribution in [-0.4, -0.2) is 19.6 Å². The molecule has 0 aliphatic heterocycles. The van der Waals surface area contributed by atoms with Crippen LogP contribution < -0.4 is 0 Å². The van der Waals surface area contributed by atoms with Gasteiger partial charge in [0.05, 0.1) is 0 Å². The third-order valence-corrected chi connectivity index (χ3v) is 0.634. The van der Waals surface area contributed by atoms with Gasteiger partial charge in [-0.2, -0.15) is 0 Å². The van der Waals surface area contributed by atoms with E-state index in [2.05, 4.69) is 30.5 Å². The van der Waals surface area contributed by atoms with Gasteiger partial charge >= 0.3 is 0 Å². The van der Waals surface area contributed by atoms with E-state index in [9.17, 15) is 0 Å². The Balaban J connectivity index is 3.15. The zero-order valence-electron chi connectivity index (χ0n) is 5.46. The van der Waals surface area contributed by atoms with Crippen molar-refractivity contribution in [1.82, 2.24) is 0 Å². The van der Waals surface area contributed by atoms with E-state index in [4.69, 9.17) is 0 Å². The molecule has 2 nitrogen and oxygen atoms in total. The van der Waals surface area contributed by atoms with Crippen LogP contribution in [0.3, 0.4) is 0 Å².